The average Bonchev–Trinajstić information content (AvgIpc) is 3.10. The van der Waals surface area contributed by atoms with Crippen LogP contribution >= 0.6 is 0 Å². The van der Waals surface area contributed by atoms with Crippen molar-refractivity contribution in [3.63, 3.8) is 0 Å². The number of amides is 2. The minimum atomic E-state index is -0.993. The standard InChI is InChI=1S/C39H38N2O6/c1-3-47-35-20-19-27(25-36(35)46-2)21-23-41(24-22-37(42)43)39(45)34-18-9-7-16-32(34)31-15-6-8-17-33(31)38(44)40-26-29-13-10-12-28-11-4-5-14-30(28)29/h4-20,25H,3,21-24,26H2,1-2H3,(H,40,44)(H,42,43). The van der Waals surface area contributed by atoms with Gasteiger partial charge in [-0.25, -0.2) is 0 Å². The zero-order valence-electron chi connectivity index (χ0n) is 26.6. The molecule has 240 valence electrons. The molecule has 5 aromatic rings. The van der Waals surface area contributed by atoms with Gasteiger partial charge in [0.05, 0.1) is 20.1 Å². The largest absolute Gasteiger partial charge is 0.493 e. The molecule has 0 bridgehead atoms. The molecule has 0 radical (unpaired) electrons. The fourth-order valence-corrected chi connectivity index (χ4v) is 5.66. The van der Waals surface area contributed by atoms with Crippen LogP contribution in [0.4, 0.5) is 0 Å². The number of carboxylic acid groups (broad SMARTS) is 1. The number of methoxy groups -OCH3 is 1. The molecule has 0 saturated carbocycles. The minimum Gasteiger partial charge on any atom is -0.493 e. The van der Waals surface area contributed by atoms with Crippen LogP contribution in [0.2, 0.25) is 0 Å². The number of ether oxygens (including phenoxy) is 2. The number of hydrogen-bond donors (Lipinski definition) is 2. The molecule has 2 N–H and O–H groups in total. The van der Waals surface area contributed by atoms with Crippen molar-refractivity contribution >= 4 is 28.6 Å². The molecule has 0 unspecified atom stereocenters. The fourth-order valence-electron chi connectivity index (χ4n) is 5.66. The van der Waals surface area contributed by atoms with Crippen molar-refractivity contribution in [3.05, 3.63) is 131 Å². The van der Waals surface area contributed by atoms with E-state index in [1.807, 2.05) is 91.9 Å². The van der Waals surface area contributed by atoms with Crippen molar-refractivity contribution in [1.29, 1.82) is 0 Å². The third-order valence-electron chi connectivity index (χ3n) is 8.02. The topological polar surface area (TPSA) is 105 Å². The Kier molecular flexibility index (Phi) is 10.9. The lowest BCUT2D eigenvalue weighted by Crippen LogP contribution is -2.35. The molecule has 0 saturated heterocycles. The van der Waals surface area contributed by atoms with Gasteiger partial charge in [-0.2, -0.15) is 0 Å². The number of hydrogen-bond acceptors (Lipinski definition) is 5. The highest BCUT2D eigenvalue weighted by Crippen LogP contribution is 2.30. The molecular formula is C39H38N2O6. The second kappa shape index (κ2) is 15.6. The Hall–Kier alpha value is -5.63. The summed E-state index contributed by atoms with van der Waals surface area (Å²) in [6.07, 6.45) is 0.275. The second-order valence-corrected chi connectivity index (χ2v) is 11.0. The van der Waals surface area contributed by atoms with E-state index in [-0.39, 0.29) is 31.3 Å². The molecule has 47 heavy (non-hydrogen) atoms. The van der Waals surface area contributed by atoms with Gasteiger partial charge in [0.1, 0.15) is 0 Å². The summed E-state index contributed by atoms with van der Waals surface area (Å²) >= 11 is 0. The smallest absolute Gasteiger partial charge is 0.305 e. The van der Waals surface area contributed by atoms with Crippen LogP contribution in [0.5, 0.6) is 11.5 Å². The molecule has 0 atom stereocenters. The molecule has 0 spiro atoms. The Morgan fingerprint density at radius 2 is 1.45 bits per heavy atom. The van der Waals surface area contributed by atoms with Crippen molar-refractivity contribution in [1.82, 2.24) is 10.2 Å². The normalized spacial score (nSPS) is 10.8. The predicted octanol–water partition coefficient (Wildman–Crippen LogP) is 7.00. The van der Waals surface area contributed by atoms with E-state index in [2.05, 4.69) is 5.32 Å². The van der Waals surface area contributed by atoms with E-state index in [4.69, 9.17) is 9.47 Å². The quantitative estimate of drug-likeness (QED) is 0.137. The molecular weight excluding hydrogens is 592 g/mol. The maximum atomic E-state index is 14.1. The summed E-state index contributed by atoms with van der Waals surface area (Å²) < 4.78 is 11.1. The number of carbonyl (C=O) groups excluding carboxylic acids is 2. The van der Waals surface area contributed by atoms with Gasteiger partial charge in [0.2, 0.25) is 0 Å². The average molecular weight is 631 g/mol. The van der Waals surface area contributed by atoms with Crippen LogP contribution in [-0.2, 0) is 17.8 Å². The molecule has 8 heteroatoms. The third kappa shape index (κ3) is 7.97. The summed E-state index contributed by atoms with van der Waals surface area (Å²) in [7, 11) is 1.57. The Bertz CT molecular complexity index is 1880. The monoisotopic (exact) mass is 630 g/mol. The summed E-state index contributed by atoms with van der Waals surface area (Å²) in [5, 5.41) is 14.7. The molecule has 8 nitrogen and oxygen atoms in total. The van der Waals surface area contributed by atoms with Gasteiger partial charge in [0, 0.05) is 30.8 Å². The SMILES string of the molecule is CCOc1ccc(CCN(CCC(=O)O)C(=O)c2ccccc2-c2ccccc2C(=O)NCc2cccc3ccccc23)cc1OC. The highest BCUT2D eigenvalue weighted by Gasteiger charge is 2.23. The van der Waals surface area contributed by atoms with Crippen LogP contribution < -0.4 is 14.8 Å². The second-order valence-electron chi connectivity index (χ2n) is 11.0. The van der Waals surface area contributed by atoms with Crippen LogP contribution in [0.25, 0.3) is 21.9 Å². The lowest BCUT2D eigenvalue weighted by Gasteiger charge is -2.24. The first-order valence-corrected chi connectivity index (χ1v) is 15.6. The molecule has 2 amide bonds. The molecule has 5 aromatic carbocycles. The first-order chi connectivity index (χ1) is 22.9. The van der Waals surface area contributed by atoms with Crippen LogP contribution in [0, 0.1) is 0 Å². The molecule has 0 aliphatic carbocycles. The van der Waals surface area contributed by atoms with E-state index in [1.165, 1.54) is 0 Å². The maximum absolute atomic E-state index is 14.1. The molecule has 0 aliphatic heterocycles. The minimum absolute atomic E-state index is 0.0316. The zero-order valence-corrected chi connectivity index (χ0v) is 26.6. The lowest BCUT2D eigenvalue weighted by atomic mass is 9.94. The van der Waals surface area contributed by atoms with Crippen molar-refractivity contribution in [2.45, 2.75) is 26.3 Å². The Balaban J connectivity index is 1.40. The number of carbonyl (C=O) groups is 3. The summed E-state index contributed by atoms with van der Waals surface area (Å²) in [5.41, 5.74) is 3.95. The third-order valence-corrected chi connectivity index (χ3v) is 8.02. The Morgan fingerprint density at radius 3 is 2.19 bits per heavy atom. The van der Waals surface area contributed by atoms with Gasteiger partial charge in [-0.05, 0) is 70.6 Å². The number of rotatable bonds is 14. The lowest BCUT2D eigenvalue weighted by molar-refractivity contribution is -0.137. The number of carboxylic acids is 1. The molecule has 0 heterocycles. The van der Waals surface area contributed by atoms with E-state index < -0.39 is 5.97 Å². The number of nitrogens with zero attached hydrogens (tertiary/aromatic N) is 1. The Labute approximate surface area is 274 Å². The first-order valence-electron chi connectivity index (χ1n) is 15.6. The van der Waals surface area contributed by atoms with E-state index >= 15 is 0 Å². The molecule has 0 aromatic heterocycles. The van der Waals surface area contributed by atoms with Gasteiger partial charge in [-0.3, -0.25) is 14.4 Å². The summed E-state index contributed by atoms with van der Waals surface area (Å²) in [6, 6.07) is 34.0. The number of fused-ring (bicyclic) bond motifs is 1. The van der Waals surface area contributed by atoms with Crippen LogP contribution in [0.1, 0.15) is 45.2 Å². The first kappa shape index (κ1) is 32.8. The summed E-state index contributed by atoms with van der Waals surface area (Å²) in [4.78, 5) is 40.9. The van der Waals surface area contributed by atoms with Crippen LogP contribution in [-0.4, -0.2) is 54.6 Å². The van der Waals surface area contributed by atoms with Crippen LogP contribution in [0.3, 0.4) is 0 Å². The van der Waals surface area contributed by atoms with E-state index in [0.717, 1.165) is 21.9 Å². The van der Waals surface area contributed by atoms with Crippen LogP contribution in [0.15, 0.2) is 109 Å². The van der Waals surface area contributed by atoms with Crippen molar-refractivity contribution in [2.24, 2.45) is 0 Å². The summed E-state index contributed by atoms with van der Waals surface area (Å²) in [6.45, 7) is 3.05. The van der Waals surface area contributed by atoms with Gasteiger partial charge in [-0.1, -0.05) is 84.9 Å². The van der Waals surface area contributed by atoms with Crippen molar-refractivity contribution in [2.75, 3.05) is 26.8 Å². The van der Waals surface area contributed by atoms with Gasteiger partial charge in [0.15, 0.2) is 11.5 Å². The number of benzene rings is 5. The fraction of sp³-hybridized carbons (Fsp3) is 0.205. The van der Waals surface area contributed by atoms with E-state index in [9.17, 15) is 19.5 Å². The van der Waals surface area contributed by atoms with Gasteiger partial charge in [0.25, 0.3) is 11.8 Å². The number of nitrogens with one attached hydrogen (secondary N) is 1. The van der Waals surface area contributed by atoms with E-state index in [0.29, 0.717) is 53.3 Å². The highest BCUT2D eigenvalue weighted by molar-refractivity contribution is 6.06. The molecule has 5 rings (SSSR count). The van der Waals surface area contributed by atoms with Gasteiger partial charge in [-0.15, -0.1) is 0 Å². The predicted molar refractivity (Wildman–Crippen MR) is 183 cm³/mol. The summed E-state index contributed by atoms with van der Waals surface area (Å²) in [5.74, 6) is -0.347. The van der Waals surface area contributed by atoms with Crippen molar-refractivity contribution < 1.29 is 29.0 Å². The molecule has 0 aliphatic rings. The highest BCUT2D eigenvalue weighted by atomic mass is 16.5. The van der Waals surface area contributed by atoms with Gasteiger partial charge >= 0.3 is 5.97 Å². The Morgan fingerprint density at radius 1 is 0.766 bits per heavy atom. The van der Waals surface area contributed by atoms with E-state index in [1.54, 1.807) is 36.3 Å². The molecule has 0 fully saturated rings. The number of aliphatic carboxylic acids is 1. The van der Waals surface area contributed by atoms with Gasteiger partial charge < -0.3 is 24.8 Å². The zero-order chi connectivity index (χ0) is 33.2. The maximum Gasteiger partial charge on any atom is 0.305 e. The van der Waals surface area contributed by atoms with Crippen molar-refractivity contribution in [3.8, 4) is 22.6 Å².